The van der Waals surface area contributed by atoms with Crippen molar-refractivity contribution in [3.63, 3.8) is 0 Å². The Balaban J connectivity index is 1.77. The highest BCUT2D eigenvalue weighted by Crippen LogP contribution is 2.16. The van der Waals surface area contributed by atoms with Gasteiger partial charge in [-0.1, -0.05) is 42.5 Å². The molecule has 0 saturated carbocycles. The minimum absolute atomic E-state index is 0.00985. The maximum Gasteiger partial charge on any atom is 0.417 e. The van der Waals surface area contributed by atoms with Crippen LogP contribution in [0.2, 0.25) is 0 Å². The molecule has 0 fully saturated rings. The van der Waals surface area contributed by atoms with Crippen molar-refractivity contribution in [2.45, 2.75) is 19.3 Å². The van der Waals surface area contributed by atoms with Gasteiger partial charge in [-0.2, -0.15) is 0 Å². The summed E-state index contributed by atoms with van der Waals surface area (Å²) >= 11 is 0. The van der Waals surface area contributed by atoms with Crippen LogP contribution in [0.25, 0.3) is 0 Å². The van der Waals surface area contributed by atoms with Crippen molar-refractivity contribution in [3.8, 4) is 5.75 Å². The minimum atomic E-state index is -1.58. The standard InChI is InChI=1S/C23H29NO6/c1-2-28-14-15-29-21-10-8-18(9-11-21)12-13-24-16-20(17-30-23(27)22(25)26)19-6-4-3-5-7-19/h3-11,20,24H,2,12-17H2,1H3,(H,25,26). The van der Waals surface area contributed by atoms with Crippen molar-refractivity contribution in [2.24, 2.45) is 0 Å². The average molecular weight is 415 g/mol. The fourth-order valence-corrected chi connectivity index (χ4v) is 2.86. The van der Waals surface area contributed by atoms with Crippen LogP contribution in [0.5, 0.6) is 5.75 Å². The zero-order valence-electron chi connectivity index (χ0n) is 17.2. The number of rotatable bonds is 13. The summed E-state index contributed by atoms with van der Waals surface area (Å²) in [6.45, 7) is 5.05. The molecule has 2 aromatic rings. The van der Waals surface area contributed by atoms with E-state index in [0.29, 0.717) is 26.4 Å². The summed E-state index contributed by atoms with van der Waals surface area (Å²) in [5.74, 6) is -2.13. The number of carboxylic acids is 1. The van der Waals surface area contributed by atoms with E-state index in [-0.39, 0.29) is 12.5 Å². The lowest BCUT2D eigenvalue weighted by molar-refractivity contribution is -0.164. The smallest absolute Gasteiger partial charge is 0.417 e. The van der Waals surface area contributed by atoms with E-state index in [1.807, 2.05) is 61.5 Å². The molecule has 7 heteroatoms. The van der Waals surface area contributed by atoms with Gasteiger partial charge < -0.3 is 24.6 Å². The largest absolute Gasteiger partial charge is 0.491 e. The number of carbonyl (C=O) groups excluding carboxylic acids is 1. The first-order chi connectivity index (χ1) is 14.6. The number of esters is 1. The van der Waals surface area contributed by atoms with Crippen molar-refractivity contribution < 1.29 is 28.9 Å². The van der Waals surface area contributed by atoms with E-state index in [9.17, 15) is 9.59 Å². The fourth-order valence-electron chi connectivity index (χ4n) is 2.86. The van der Waals surface area contributed by atoms with Gasteiger partial charge >= 0.3 is 11.9 Å². The molecule has 0 aliphatic rings. The molecule has 2 N–H and O–H groups in total. The third-order valence-electron chi connectivity index (χ3n) is 4.47. The molecular formula is C23H29NO6. The number of carboxylic acid groups (broad SMARTS) is 1. The Labute approximate surface area is 177 Å². The SMILES string of the molecule is CCOCCOc1ccc(CCNCC(COC(=O)C(=O)O)c2ccccc2)cc1. The summed E-state index contributed by atoms with van der Waals surface area (Å²) < 4.78 is 15.8. The third-order valence-corrected chi connectivity index (χ3v) is 4.47. The van der Waals surface area contributed by atoms with E-state index >= 15 is 0 Å². The van der Waals surface area contributed by atoms with E-state index in [2.05, 4.69) is 5.32 Å². The quantitative estimate of drug-likeness (QED) is 0.295. The molecule has 0 bridgehead atoms. The molecule has 2 rings (SSSR count). The minimum Gasteiger partial charge on any atom is -0.491 e. The maximum atomic E-state index is 11.3. The Bertz CT molecular complexity index is 763. The number of ether oxygens (including phenoxy) is 3. The topological polar surface area (TPSA) is 94.1 Å². The van der Waals surface area contributed by atoms with Crippen molar-refractivity contribution in [3.05, 3.63) is 65.7 Å². The monoisotopic (exact) mass is 415 g/mol. The Kier molecular flexibility index (Phi) is 10.4. The molecule has 0 saturated heterocycles. The first-order valence-corrected chi connectivity index (χ1v) is 10.0. The van der Waals surface area contributed by atoms with E-state index in [4.69, 9.17) is 19.3 Å². The maximum absolute atomic E-state index is 11.3. The lowest BCUT2D eigenvalue weighted by atomic mass is 10.00. The summed E-state index contributed by atoms with van der Waals surface area (Å²) in [4.78, 5) is 21.9. The summed E-state index contributed by atoms with van der Waals surface area (Å²) in [5, 5.41) is 12.1. The van der Waals surface area contributed by atoms with Crippen LogP contribution >= 0.6 is 0 Å². The Hall–Kier alpha value is -2.90. The molecule has 0 aliphatic heterocycles. The highest BCUT2D eigenvalue weighted by atomic mass is 16.6. The lowest BCUT2D eigenvalue weighted by Crippen LogP contribution is -2.28. The lowest BCUT2D eigenvalue weighted by Gasteiger charge is -2.18. The summed E-state index contributed by atoms with van der Waals surface area (Å²) in [7, 11) is 0. The van der Waals surface area contributed by atoms with Gasteiger partial charge in [0.15, 0.2) is 0 Å². The molecule has 0 aromatic heterocycles. The van der Waals surface area contributed by atoms with Gasteiger partial charge in [0.1, 0.15) is 12.4 Å². The van der Waals surface area contributed by atoms with Crippen molar-refractivity contribution in [1.29, 1.82) is 0 Å². The molecule has 30 heavy (non-hydrogen) atoms. The predicted octanol–water partition coefficient (Wildman–Crippen LogP) is 2.65. The van der Waals surface area contributed by atoms with Gasteiger partial charge in [0.2, 0.25) is 0 Å². The van der Waals surface area contributed by atoms with E-state index in [1.54, 1.807) is 0 Å². The molecule has 1 atom stereocenters. The van der Waals surface area contributed by atoms with Crippen LogP contribution in [0.15, 0.2) is 54.6 Å². The molecule has 0 amide bonds. The number of hydrogen-bond acceptors (Lipinski definition) is 6. The van der Waals surface area contributed by atoms with Crippen LogP contribution < -0.4 is 10.1 Å². The first kappa shape index (κ1) is 23.4. The fraction of sp³-hybridized carbons (Fsp3) is 0.391. The zero-order valence-corrected chi connectivity index (χ0v) is 17.2. The number of aliphatic carboxylic acids is 1. The van der Waals surface area contributed by atoms with E-state index in [0.717, 1.165) is 24.3 Å². The first-order valence-electron chi connectivity index (χ1n) is 10.0. The molecule has 7 nitrogen and oxygen atoms in total. The van der Waals surface area contributed by atoms with Gasteiger partial charge in [-0.25, -0.2) is 9.59 Å². The molecule has 0 aliphatic carbocycles. The predicted molar refractivity (Wildman–Crippen MR) is 113 cm³/mol. The van der Waals surface area contributed by atoms with Crippen LogP contribution in [0.3, 0.4) is 0 Å². The Morgan fingerprint density at radius 1 is 1.03 bits per heavy atom. The number of nitrogens with one attached hydrogen (secondary N) is 1. The van der Waals surface area contributed by atoms with E-state index in [1.165, 1.54) is 5.56 Å². The summed E-state index contributed by atoms with van der Waals surface area (Å²) in [5.41, 5.74) is 2.16. The summed E-state index contributed by atoms with van der Waals surface area (Å²) in [6.07, 6.45) is 0.829. The van der Waals surface area contributed by atoms with Gasteiger partial charge in [-0.05, 0) is 43.1 Å². The third kappa shape index (κ3) is 8.63. The Morgan fingerprint density at radius 3 is 2.43 bits per heavy atom. The van der Waals surface area contributed by atoms with Crippen molar-refractivity contribution in [1.82, 2.24) is 5.32 Å². The highest BCUT2D eigenvalue weighted by molar-refractivity contribution is 6.28. The second-order valence-corrected chi connectivity index (χ2v) is 6.65. The highest BCUT2D eigenvalue weighted by Gasteiger charge is 2.18. The molecule has 162 valence electrons. The van der Waals surface area contributed by atoms with Crippen molar-refractivity contribution in [2.75, 3.05) is 39.5 Å². The molecule has 2 aromatic carbocycles. The van der Waals surface area contributed by atoms with Gasteiger partial charge in [0.05, 0.1) is 13.2 Å². The molecule has 1 unspecified atom stereocenters. The molecule has 0 heterocycles. The van der Waals surface area contributed by atoms with Crippen molar-refractivity contribution >= 4 is 11.9 Å². The second kappa shape index (κ2) is 13.3. The summed E-state index contributed by atoms with van der Waals surface area (Å²) in [6, 6.07) is 17.5. The van der Waals surface area contributed by atoms with Gasteiger partial charge in [-0.15, -0.1) is 0 Å². The van der Waals surface area contributed by atoms with Crippen LogP contribution in [0, 0.1) is 0 Å². The second-order valence-electron chi connectivity index (χ2n) is 6.65. The molecular weight excluding hydrogens is 386 g/mol. The normalized spacial score (nSPS) is 11.6. The van der Waals surface area contributed by atoms with Crippen LogP contribution in [0.1, 0.15) is 24.0 Å². The average Bonchev–Trinajstić information content (AvgIpc) is 2.77. The van der Waals surface area contributed by atoms with E-state index < -0.39 is 11.9 Å². The zero-order chi connectivity index (χ0) is 21.6. The Morgan fingerprint density at radius 2 is 1.77 bits per heavy atom. The van der Waals surface area contributed by atoms with Crippen LogP contribution in [0.4, 0.5) is 0 Å². The number of benzene rings is 2. The number of carbonyl (C=O) groups is 2. The molecule has 0 spiro atoms. The number of hydrogen-bond donors (Lipinski definition) is 2. The van der Waals surface area contributed by atoms with Crippen LogP contribution in [-0.4, -0.2) is 56.6 Å². The van der Waals surface area contributed by atoms with Gasteiger partial charge in [0, 0.05) is 19.1 Å². The molecule has 0 radical (unpaired) electrons. The van der Waals surface area contributed by atoms with Crippen LogP contribution in [-0.2, 0) is 25.5 Å². The van der Waals surface area contributed by atoms with Gasteiger partial charge in [0.25, 0.3) is 0 Å². The van der Waals surface area contributed by atoms with Gasteiger partial charge in [-0.3, -0.25) is 0 Å².